The Balaban J connectivity index is 1.47. The Morgan fingerprint density at radius 2 is 2.32 bits per heavy atom. The fourth-order valence-corrected chi connectivity index (χ4v) is 3.09. The van der Waals surface area contributed by atoms with Crippen molar-refractivity contribution in [1.82, 2.24) is 20.4 Å². The molecule has 134 valence electrons. The van der Waals surface area contributed by atoms with Gasteiger partial charge in [0.15, 0.2) is 0 Å². The van der Waals surface area contributed by atoms with Gasteiger partial charge < -0.3 is 14.6 Å². The summed E-state index contributed by atoms with van der Waals surface area (Å²) in [5.41, 5.74) is 1.95. The molecule has 7 nitrogen and oxygen atoms in total. The predicted octanol–water partition coefficient (Wildman–Crippen LogP) is 1.18. The molecule has 2 aromatic heterocycles. The van der Waals surface area contributed by atoms with Crippen LogP contribution in [0.15, 0.2) is 35.1 Å². The van der Waals surface area contributed by atoms with E-state index < -0.39 is 0 Å². The van der Waals surface area contributed by atoms with Gasteiger partial charge in [0.1, 0.15) is 5.76 Å². The summed E-state index contributed by atoms with van der Waals surface area (Å²) < 4.78 is 10.8. The van der Waals surface area contributed by atoms with Gasteiger partial charge in [-0.2, -0.15) is 0 Å². The standard InChI is InChI=1S/C18H24N4O3/c1-13-6-16(25-21-13)7-15-11-24-12-17(15)20-18(23)10-22(2)9-14-4-3-5-19-8-14/h3-6,8,15,17H,7,9-12H2,1-2H3,(H,20,23)/t15-,17+/m1/s1. The Morgan fingerprint density at radius 3 is 3.04 bits per heavy atom. The van der Waals surface area contributed by atoms with E-state index in [4.69, 9.17) is 9.26 Å². The van der Waals surface area contributed by atoms with Crippen LogP contribution >= 0.6 is 0 Å². The summed E-state index contributed by atoms with van der Waals surface area (Å²) in [4.78, 5) is 18.4. The average Bonchev–Trinajstić information content (AvgIpc) is 3.18. The molecule has 0 spiro atoms. The summed E-state index contributed by atoms with van der Waals surface area (Å²) in [6, 6.07) is 5.83. The van der Waals surface area contributed by atoms with Gasteiger partial charge >= 0.3 is 0 Å². The van der Waals surface area contributed by atoms with Crippen LogP contribution in [0.3, 0.4) is 0 Å². The van der Waals surface area contributed by atoms with Gasteiger partial charge in [-0.3, -0.25) is 14.7 Å². The van der Waals surface area contributed by atoms with E-state index in [2.05, 4.69) is 15.5 Å². The van der Waals surface area contributed by atoms with E-state index in [1.165, 1.54) is 0 Å². The molecule has 0 bridgehead atoms. The molecule has 1 N–H and O–H groups in total. The highest BCUT2D eigenvalue weighted by atomic mass is 16.5. The number of nitrogens with one attached hydrogen (secondary N) is 1. The number of aryl methyl sites for hydroxylation is 1. The number of rotatable bonds is 7. The summed E-state index contributed by atoms with van der Waals surface area (Å²) in [6.07, 6.45) is 4.28. The molecule has 2 aromatic rings. The smallest absolute Gasteiger partial charge is 0.234 e. The maximum absolute atomic E-state index is 12.3. The van der Waals surface area contributed by atoms with Crippen LogP contribution in [0.25, 0.3) is 0 Å². The topological polar surface area (TPSA) is 80.5 Å². The van der Waals surface area contributed by atoms with E-state index >= 15 is 0 Å². The van der Waals surface area contributed by atoms with Crippen LogP contribution in [-0.2, 0) is 22.5 Å². The minimum absolute atomic E-state index is 0.000593. The zero-order valence-electron chi connectivity index (χ0n) is 14.6. The van der Waals surface area contributed by atoms with Crippen molar-refractivity contribution in [3.63, 3.8) is 0 Å². The summed E-state index contributed by atoms with van der Waals surface area (Å²) in [5.74, 6) is 1.04. The fraction of sp³-hybridized carbons (Fsp3) is 0.500. The van der Waals surface area contributed by atoms with Gasteiger partial charge in [0, 0.05) is 37.3 Å². The molecule has 0 radical (unpaired) electrons. The Kier molecular flexibility index (Phi) is 5.78. The largest absolute Gasteiger partial charge is 0.379 e. The first-order valence-electron chi connectivity index (χ1n) is 8.47. The van der Waals surface area contributed by atoms with Crippen molar-refractivity contribution in [1.29, 1.82) is 0 Å². The Bertz CT molecular complexity index is 689. The van der Waals surface area contributed by atoms with Crippen LogP contribution in [0.4, 0.5) is 0 Å². The molecule has 1 saturated heterocycles. The zero-order chi connectivity index (χ0) is 17.6. The van der Waals surface area contributed by atoms with Gasteiger partial charge in [-0.15, -0.1) is 0 Å². The second-order valence-corrected chi connectivity index (χ2v) is 6.64. The second kappa shape index (κ2) is 8.22. The van der Waals surface area contributed by atoms with E-state index in [1.54, 1.807) is 6.20 Å². The predicted molar refractivity (Wildman–Crippen MR) is 91.8 cm³/mol. The van der Waals surface area contributed by atoms with Crippen LogP contribution in [0.2, 0.25) is 0 Å². The molecule has 2 atom stereocenters. The average molecular weight is 344 g/mol. The highest BCUT2D eigenvalue weighted by Crippen LogP contribution is 2.19. The molecule has 7 heteroatoms. The molecular weight excluding hydrogens is 320 g/mol. The lowest BCUT2D eigenvalue weighted by Crippen LogP contribution is -2.44. The Hall–Kier alpha value is -2.25. The maximum Gasteiger partial charge on any atom is 0.234 e. The Morgan fingerprint density at radius 1 is 1.44 bits per heavy atom. The number of ether oxygens (including phenoxy) is 1. The molecule has 1 fully saturated rings. The van der Waals surface area contributed by atoms with Crippen LogP contribution < -0.4 is 5.32 Å². The van der Waals surface area contributed by atoms with Crippen molar-refractivity contribution in [2.45, 2.75) is 25.9 Å². The molecule has 1 aliphatic heterocycles. The van der Waals surface area contributed by atoms with Crippen LogP contribution in [-0.4, -0.2) is 53.8 Å². The van der Waals surface area contributed by atoms with Gasteiger partial charge in [0.25, 0.3) is 0 Å². The molecular formula is C18H24N4O3. The van der Waals surface area contributed by atoms with E-state index in [9.17, 15) is 4.79 Å². The molecule has 3 rings (SSSR count). The maximum atomic E-state index is 12.3. The van der Waals surface area contributed by atoms with Gasteiger partial charge in [-0.05, 0) is 25.6 Å². The molecule has 0 saturated carbocycles. The first-order valence-corrected chi connectivity index (χ1v) is 8.47. The fourth-order valence-electron chi connectivity index (χ4n) is 3.09. The lowest BCUT2D eigenvalue weighted by atomic mass is 9.98. The lowest BCUT2D eigenvalue weighted by Gasteiger charge is -2.21. The molecule has 1 amide bonds. The van der Waals surface area contributed by atoms with Crippen molar-refractivity contribution in [3.8, 4) is 0 Å². The van der Waals surface area contributed by atoms with Crippen LogP contribution in [0.5, 0.6) is 0 Å². The van der Waals surface area contributed by atoms with Crippen molar-refractivity contribution in [3.05, 3.63) is 47.6 Å². The number of hydrogen-bond donors (Lipinski definition) is 1. The summed E-state index contributed by atoms with van der Waals surface area (Å²) in [5, 5.41) is 7.00. The van der Waals surface area contributed by atoms with Gasteiger partial charge in [0.05, 0.1) is 31.5 Å². The first-order chi connectivity index (χ1) is 12.1. The number of nitrogens with zero attached hydrogens (tertiary/aromatic N) is 3. The Labute approximate surface area is 147 Å². The molecule has 0 unspecified atom stereocenters. The minimum atomic E-state index is 0.000593. The quantitative estimate of drug-likeness (QED) is 0.812. The highest BCUT2D eigenvalue weighted by Gasteiger charge is 2.30. The van der Waals surface area contributed by atoms with E-state index in [-0.39, 0.29) is 17.9 Å². The van der Waals surface area contributed by atoms with Gasteiger partial charge in [-0.25, -0.2) is 0 Å². The lowest BCUT2D eigenvalue weighted by molar-refractivity contribution is -0.123. The number of amides is 1. The van der Waals surface area contributed by atoms with Crippen molar-refractivity contribution in [2.24, 2.45) is 5.92 Å². The van der Waals surface area contributed by atoms with E-state index in [1.807, 2.05) is 43.3 Å². The van der Waals surface area contributed by atoms with Crippen molar-refractivity contribution in [2.75, 3.05) is 26.8 Å². The third kappa shape index (κ3) is 5.11. The van der Waals surface area contributed by atoms with Crippen molar-refractivity contribution >= 4 is 5.91 Å². The third-order valence-corrected chi connectivity index (χ3v) is 4.27. The van der Waals surface area contributed by atoms with E-state index in [0.717, 1.165) is 23.4 Å². The molecule has 1 aliphatic rings. The molecule has 25 heavy (non-hydrogen) atoms. The third-order valence-electron chi connectivity index (χ3n) is 4.27. The number of pyridine rings is 1. The van der Waals surface area contributed by atoms with Crippen molar-refractivity contribution < 1.29 is 14.1 Å². The zero-order valence-corrected chi connectivity index (χ0v) is 14.6. The summed E-state index contributed by atoms with van der Waals surface area (Å²) in [7, 11) is 1.92. The second-order valence-electron chi connectivity index (χ2n) is 6.64. The monoisotopic (exact) mass is 344 g/mol. The molecule has 3 heterocycles. The first kappa shape index (κ1) is 17.6. The number of aromatic nitrogens is 2. The summed E-state index contributed by atoms with van der Waals surface area (Å²) in [6.45, 7) is 4.07. The van der Waals surface area contributed by atoms with E-state index in [0.29, 0.717) is 26.3 Å². The van der Waals surface area contributed by atoms with Crippen LogP contribution in [0, 0.1) is 12.8 Å². The molecule has 0 aliphatic carbocycles. The highest BCUT2D eigenvalue weighted by molar-refractivity contribution is 5.78. The van der Waals surface area contributed by atoms with Gasteiger partial charge in [0.2, 0.25) is 5.91 Å². The number of likely N-dealkylation sites (N-methyl/N-ethyl adjacent to an activating group) is 1. The number of carbonyl (C=O) groups is 1. The summed E-state index contributed by atoms with van der Waals surface area (Å²) >= 11 is 0. The SMILES string of the molecule is Cc1cc(C[C@@H]2COC[C@@H]2NC(=O)CN(C)Cc2cccnc2)on1. The normalized spacial score (nSPS) is 20.1. The number of hydrogen-bond acceptors (Lipinski definition) is 6. The number of carbonyl (C=O) groups excluding carboxylic acids is 1. The molecule has 0 aromatic carbocycles. The minimum Gasteiger partial charge on any atom is -0.379 e. The van der Waals surface area contributed by atoms with Gasteiger partial charge in [-0.1, -0.05) is 11.2 Å². The van der Waals surface area contributed by atoms with Crippen LogP contribution in [0.1, 0.15) is 17.0 Å².